The van der Waals surface area contributed by atoms with Crippen LogP contribution in [0.3, 0.4) is 0 Å². The van der Waals surface area contributed by atoms with Crippen molar-refractivity contribution in [3.63, 3.8) is 0 Å². The van der Waals surface area contributed by atoms with E-state index in [4.69, 9.17) is 23.2 Å². The third-order valence-electron chi connectivity index (χ3n) is 3.27. The van der Waals surface area contributed by atoms with Crippen molar-refractivity contribution < 1.29 is 10.0 Å². The smallest absolute Gasteiger partial charge is 0.273 e. The van der Waals surface area contributed by atoms with Crippen molar-refractivity contribution in [2.75, 3.05) is 11.9 Å². The van der Waals surface area contributed by atoms with Crippen LogP contribution < -0.4 is 5.32 Å². The van der Waals surface area contributed by atoms with E-state index in [2.05, 4.69) is 5.32 Å². The summed E-state index contributed by atoms with van der Waals surface area (Å²) in [6, 6.07) is 9.54. The Bertz CT molecular complexity index is 690. The lowest BCUT2D eigenvalue weighted by molar-refractivity contribution is -0.385. The van der Waals surface area contributed by atoms with Crippen LogP contribution in [0.15, 0.2) is 36.4 Å². The highest BCUT2D eigenvalue weighted by molar-refractivity contribution is 6.33. The van der Waals surface area contributed by atoms with Gasteiger partial charge in [0.15, 0.2) is 0 Å². The van der Waals surface area contributed by atoms with Gasteiger partial charge in [-0.25, -0.2) is 0 Å². The van der Waals surface area contributed by atoms with E-state index in [1.807, 2.05) is 0 Å². The SMILES string of the molecule is Cc1cc(NC(CO)c2ccc(Cl)cc2)c(Cl)cc1[N+](=O)[O-]. The quantitative estimate of drug-likeness (QED) is 0.626. The van der Waals surface area contributed by atoms with Crippen LogP contribution in [0.5, 0.6) is 0 Å². The van der Waals surface area contributed by atoms with Gasteiger partial charge in [0.05, 0.1) is 28.3 Å². The summed E-state index contributed by atoms with van der Waals surface area (Å²) in [6.07, 6.45) is 0. The Morgan fingerprint density at radius 1 is 1.27 bits per heavy atom. The molecule has 0 aliphatic heterocycles. The summed E-state index contributed by atoms with van der Waals surface area (Å²) in [4.78, 5) is 10.4. The van der Waals surface area contributed by atoms with Gasteiger partial charge < -0.3 is 10.4 Å². The molecule has 22 heavy (non-hydrogen) atoms. The first-order valence-corrected chi connectivity index (χ1v) is 7.25. The molecule has 2 rings (SSSR count). The molecule has 2 aromatic carbocycles. The first kappa shape index (κ1) is 16.5. The van der Waals surface area contributed by atoms with Crippen LogP contribution in [0.4, 0.5) is 11.4 Å². The number of benzene rings is 2. The fraction of sp³-hybridized carbons (Fsp3) is 0.200. The second-order valence-corrected chi connectivity index (χ2v) is 5.65. The molecule has 0 bridgehead atoms. The lowest BCUT2D eigenvalue weighted by Crippen LogP contribution is -2.15. The second-order valence-electron chi connectivity index (χ2n) is 4.81. The number of aliphatic hydroxyl groups excluding tert-OH is 1. The maximum atomic E-state index is 10.9. The molecule has 0 heterocycles. The van der Waals surface area contributed by atoms with Gasteiger partial charge in [0, 0.05) is 16.7 Å². The van der Waals surface area contributed by atoms with Crippen molar-refractivity contribution in [1.29, 1.82) is 0 Å². The topological polar surface area (TPSA) is 75.4 Å². The molecule has 0 spiro atoms. The Balaban J connectivity index is 2.30. The summed E-state index contributed by atoms with van der Waals surface area (Å²) in [7, 11) is 0. The van der Waals surface area contributed by atoms with Gasteiger partial charge >= 0.3 is 0 Å². The predicted molar refractivity (Wildman–Crippen MR) is 87.7 cm³/mol. The van der Waals surface area contributed by atoms with E-state index in [-0.39, 0.29) is 17.3 Å². The zero-order valence-corrected chi connectivity index (χ0v) is 13.2. The van der Waals surface area contributed by atoms with Crippen molar-refractivity contribution in [2.45, 2.75) is 13.0 Å². The molecule has 0 fully saturated rings. The fourth-order valence-electron chi connectivity index (χ4n) is 2.10. The lowest BCUT2D eigenvalue weighted by atomic mass is 10.1. The number of aryl methyl sites for hydroxylation is 1. The summed E-state index contributed by atoms with van der Waals surface area (Å²) in [5.74, 6) is 0. The number of nitrogens with zero attached hydrogens (tertiary/aromatic N) is 1. The minimum atomic E-state index is -0.478. The van der Waals surface area contributed by atoms with Gasteiger partial charge in [0.25, 0.3) is 5.69 Å². The number of halogens is 2. The van der Waals surface area contributed by atoms with Crippen LogP contribution in [0.1, 0.15) is 17.2 Å². The third-order valence-corrected chi connectivity index (χ3v) is 3.83. The second kappa shape index (κ2) is 6.96. The molecule has 2 N–H and O–H groups in total. The molecule has 1 atom stereocenters. The van der Waals surface area contributed by atoms with Gasteiger partial charge in [-0.3, -0.25) is 10.1 Å². The molecule has 1 unspecified atom stereocenters. The van der Waals surface area contributed by atoms with Crippen LogP contribution in [-0.2, 0) is 0 Å². The molecule has 2 aromatic rings. The highest BCUT2D eigenvalue weighted by Crippen LogP contribution is 2.32. The van der Waals surface area contributed by atoms with Gasteiger partial charge in [-0.1, -0.05) is 35.3 Å². The molecule has 0 amide bonds. The minimum Gasteiger partial charge on any atom is -0.394 e. The van der Waals surface area contributed by atoms with Crippen molar-refractivity contribution in [1.82, 2.24) is 0 Å². The number of rotatable bonds is 5. The number of hydrogen-bond donors (Lipinski definition) is 2. The maximum Gasteiger partial charge on any atom is 0.273 e. The van der Waals surface area contributed by atoms with Gasteiger partial charge in [-0.2, -0.15) is 0 Å². The number of nitro benzene ring substituents is 1. The maximum absolute atomic E-state index is 10.9. The molecule has 0 saturated carbocycles. The third kappa shape index (κ3) is 3.68. The van der Waals surface area contributed by atoms with Crippen molar-refractivity contribution in [3.05, 3.63) is 67.7 Å². The molecule has 0 aromatic heterocycles. The van der Waals surface area contributed by atoms with Crippen LogP contribution in [0.25, 0.3) is 0 Å². The molecule has 116 valence electrons. The van der Waals surface area contributed by atoms with Crippen molar-refractivity contribution >= 4 is 34.6 Å². The number of nitro groups is 1. The lowest BCUT2D eigenvalue weighted by Gasteiger charge is -2.19. The minimum absolute atomic E-state index is 0.0393. The van der Waals surface area contributed by atoms with Crippen LogP contribution in [-0.4, -0.2) is 16.6 Å². The Labute approximate surface area is 137 Å². The molecular weight excluding hydrogens is 327 g/mol. The number of anilines is 1. The summed E-state index contributed by atoms with van der Waals surface area (Å²) in [6.45, 7) is 1.48. The standard InChI is InChI=1S/C15H14Cl2N2O3/c1-9-6-13(12(17)7-15(9)19(21)22)18-14(8-20)10-2-4-11(16)5-3-10/h2-7,14,18,20H,8H2,1H3. The number of aliphatic hydroxyl groups is 1. The predicted octanol–water partition coefficient (Wildman–Crippen LogP) is 4.36. The van der Waals surface area contributed by atoms with E-state index in [1.165, 1.54) is 6.07 Å². The largest absolute Gasteiger partial charge is 0.394 e. The van der Waals surface area contributed by atoms with Crippen molar-refractivity contribution in [3.8, 4) is 0 Å². The Hall–Kier alpha value is -1.82. The van der Waals surface area contributed by atoms with E-state index in [1.54, 1.807) is 37.3 Å². The fourth-order valence-corrected chi connectivity index (χ4v) is 2.43. The number of nitrogens with one attached hydrogen (secondary N) is 1. The molecule has 7 heteroatoms. The molecule has 0 aliphatic rings. The summed E-state index contributed by atoms with van der Waals surface area (Å²) < 4.78 is 0. The monoisotopic (exact) mass is 340 g/mol. The average molecular weight is 341 g/mol. The zero-order valence-electron chi connectivity index (χ0n) is 11.7. The molecule has 0 radical (unpaired) electrons. The summed E-state index contributed by atoms with van der Waals surface area (Å²) >= 11 is 11.9. The molecule has 5 nitrogen and oxygen atoms in total. The highest BCUT2D eigenvalue weighted by Gasteiger charge is 2.17. The normalized spacial score (nSPS) is 12.0. The van der Waals surface area contributed by atoms with E-state index < -0.39 is 11.0 Å². The van der Waals surface area contributed by atoms with Gasteiger partial charge in [0.1, 0.15) is 0 Å². The van der Waals surface area contributed by atoms with Crippen LogP contribution in [0, 0.1) is 17.0 Å². The van der Waals surface area contributed by atoms with E-state index >= 15 is 0 Å². The Kier molecular flexibility index (Phi) is 5.24. The zero-order chi connectivity index (χ0) is 16.3. The highest BCUT2D eigenvalue weighted by atomic mass is 35.5. The molecule has 0 saturated heterocycles. The van der Waals surface area contributed by atoms with E-state index in [9.17, 15) is 15.2 Å². The average Bonchev–Trinajstić information content (AvgIpc) is 2.48. The van der Waals surface area contributed by atoms with Crippen molar-refractivity contribution in [2.24, 2.45) is 0 Å². The van der Waals surface area contributed by atoms with Crippen LogP contribution in [0.2, 0.25) is 10.0 Å². The molecule has 0 aliphatic carbocycles. The van der Waals surface area contributed by atoms with Gasteiger partial charge in [-0.15, -0.1) is 0 Å². The Morgan fingerprint density at radius 3 is 2.45 bits per heavy atom. The summed E-state index contributed by atoms with van der Waals surface area (Å²) in [5, 5.41) is 24.4. The first-order chi connectivity index (χ1) is 10.4. The summed E-state index contributed by atoms with van der Waals surface area (Å²) in [5.41, 5.74) is 1.81. The van der Waals surface area contributed by atoms with Crippen LogP contribution >= 0.6 is 23.2 Å². The first-order valence-electron chi connectivity index (χ1n) is 6.49. The Morgan fingerprint density at radius 2 is 1.91 bits per heavy atom. The van der Waals surface area contributed by atoms with Gasteiger partial charge in [-0.05, 0) is 30.7 Å². The molecular formula is C15H14Cl2N2O3. The number of hydrogen-bond acceptors (Lipinski definition) is 4. The van der Waals surface area contributed by atoms with E-state index in [0.29, 0.717) is 16.3 Å². The van der Waals surface area contributed by atoms with Gasteiger partial charge in [0.2, 0.25) is 0 Å². The van der Waals surface area contributed by atoms with E-state index in [0.717, 1.165) is 5.56 Å².